The minimum Gasteiger partial charge on any atom is -0.373 e. The fraction of sp³-hybridized carbons (Fsp3) is 0.455. The number of benzene rings is 1. The molecule has 6 heteroatoms. The molecule has 0 aliphatic heterocycles. The van der Waals surface area contributed by atoms with E-state index in [4.69, 9.17) is 4.74 Å². The number of likely N-dealkylation sites (N-methyl/N-ethyl adjacent to an activating group) is 1. The zero-order valence-electron chi connectivity index (χ0n) is 9.77. The lowest BCUT2D eigenvalue weighted by Crippen LogP contribution is -2.23. The first-order valence-corrected chi connectivity index (χ1v) is 5.23. The highest BCUT2D eigenvalue weighted by Crippen LogP contribution is 2.17. The second-order valence-electron chi connectivity index (χ2n) is 3.75. The van der Waals surface area contributed by atoms with Crippen LogP contribution in [0.5, 0.6) is 0 Å². The second-order valence-corrected chi connectivity index (χ2v) is 3.75. The van der Waals surface area contributed by atoms with Gasteiger partial charge in [0.2, 0.25) is 0 Å². The molecule has 1 aromatic carbocycles. The lowest BCUT2D eigenvalue weighted by Gasteiger charge is -2.12. The van der Waals surface area contributed by atoms with Crippen molar-refractivity contribution >= 4 is 5.69 Å². The van der Waals surface area contributed by atoms with Gasteiger partial charge in [-0.1, -0.05) is 0 Å². The van der Waals surface area contributed by atoms with E-state index in [0.717, 1.165) is 6.07 Å². The van der Waals surface area contributed by atoms with Crippen LogP contribution in [0.3, 0.4) is 0 Å². The van der Waals surface area contributed by atoms with Gasteiger partial charge < -0.3 is 10.1 Å². The molecule has 0 aliphatic carbocycles. The van der Waals surface area contributed by atoms with Crippen molar-refractivity contribution in [1.29, 1.82) is 0 Å². The summed E-state index contributed by atoms with van der Waals surface area (Å²) >= 11 is 0. The molecule has 1 rings (SSSR count). The van der Waals surface area contributed by atoms with Crippen molar-refractivity contribution in [3.8, 4) is 0 Å². The number of halogens is 1. The van der Waals surface area contributed by atoms with Crippen LogP contribution in [0.25, 0.3) is 0 Å². The van der Waals surface area contributed by atoms with Gasteiger partial charge in [-0.25, -0.2) is 4.39 Å². The normalized spacial score (nSPS) is 12.4. The summed E-state index contributed by atoms with van der Waals surface area (Å²) in [4.78, 5) is 9.91. The predicted molar refractivity (Wildman–Crippen MR) is 61.2 cm³/mol. The lowest BCUT2D eigenvalue weighted by molar-refractivity contribution is -0.385. The largest absolute Gasteiger partial charge is 0.373 e. The van der Waals surface area contributed by atoms with E-state index in [1.54, 1.807) is 7.05 Å². The SMILES string of the molecule is CNCC(C)OCc1cc(F)cc([N+](=O)[O-])c1. The molecule has 0 spiro atoms. The van der Waals surface area contributed by atoms with Crippen LogP contribution in [-0.2, 0) is 11.3 Å². The summed E-state index contributed by atoms with van der Waals surface area (Å²) in [6.07, 6.45) is -0.0395. The topological polar surface area (TPSA) is 64.4 Å². The van der Waals surface area contributed by atoms with Gasteiger partial charge in [-0.05, 0) is 25.6 Å². The Bertz CT molecular complexity index is 398. The predicted octanol–water partition coefficient (Wildman–Crippen LogP) is 1.86. The number of hydrogen-bond donors (Lipinski definition) is 1. The third kappa shape index (κ3) is 4.46. The highest BCUT2D eigenvalue weighted by Gasteiger charge is 2.10. The number of non-ortho nitro benzene ring substituents is 1. The number of nitro benzene ring substituents is 1. The summed E-state index contributed by atoms with van der Waals surface area (Å²) in [5.41, 5.74) is 0.199. The fourth-order valence-electron chi connectivity index (χ4n) is 1.41. The summed E-state index contributed by atoms with van der Waals surface area (Å²) in [5, 5.41) is 13.5. The molecular weight excluding hydrogens is 227 g/mol. The van der Waals surface area contributed by atoms with Crippen LogP contribution in [0.15, 0.2) is 18.2 Å². The minimum atomic E-state index is -0.626. The highest BCUT2D eigenvalue weighted by molar-refractivity contribution is 5.34. The van der Waals surface area contributed by atoms with Gasteiger partial charge in [0.1, 0.15) is 5.82 Å². The summed E-state index contributed by atoms with van der Waals surface area (Å²) in [7, 11) is 1.80. The van der Waals surface area contributed by atoms with Crippen molar-refractivity contribution in [2.75, 3.05) is 13.6 Å². The Labute approximate surface area is 98.7 Å². The number of hydrogen-bond acceptors (Lipinski definition) is 4. The van der Waals surface area contributed by atoms with Gasteiger partial charge in [0, 0.05) is 12.6 Å². The quantitative estimate of drug-likeness (QED) is 0.611. The fourth-order valence-corrected chi connectivity index (χ4v) is 1.41. The van der Waals surface area contributed by atoms with E-state index < -0.39 is 10.7 Å². The standard InChI is InChI=1S/C11H15FN2O3/c1-8(6-13-2)17-7-9-3-10(12)5-11(4-9)14(15)16/h3-5,8,13H,6-7H2,1-2H3. The third-order valence-corrected chi connectivity index (χ3v) is 2.18. The van der Waals surface area contributed by atoms with Crippen LogP contribution in [-0.4, -0.2) is 24.6 Å². The van der Waals surface area contributed by atoms with Gasteiger partial charge in [0.25, 0.3) is 5.69 Å². The average Bonchev–Trinajstić information content (AvgIpc) is 2.26. The molecule has 0 saturated heterocycles. The van der Waals surface area contributed by atoms with E-state index in [9.17, 15) is 14.5 Å². The van der Waals surface area contributed by atoms with Crippen molar-refractivity contribution in [3.05, 3.63) is 39.7 Å². The van der Waals surface area contributed by atoms with Crippen molar-refractivity contribution in [3.63, 3.8) is 0 Å². The van der Waals surface area contributed by atoms with Gasteiger partial charge in [-0.15, -0.1) is 0 Å². The maximum absolute atomic E-state index is 13.1. The molecular formula is C11H15FN2O3. The van der Waals surface area contributed by atoms with Gasteiger partial charge in [-0.3, -0.25) is 10.1 Å². The second kappa shape index (κ2) is 6.27. The van der Waals surface area contributed by atoms with Crippen LogP contribution in [0.2, 0.25) is 0 Å². The number of nitrogens with zero attached hydrogens (tertiary/aromatic N) is 1. The van der Waals surface area contributed by atoms with Crippen LogP contribution in [0, 0.1) is 15.9 Å². The molecule has 0 radical (unpaired) electrons. The number of nitrogens with one attached hydrogen (secondary N) is 1. The molecule has 0 heterocycles. The molecule has 0 fully saturated rings. The molecule has 17 heavy (non-hydrogen) atoms. The Morgan fingerprint density at radius 1 is 1.53 bits per heavy atom. The van der Waals surface area contributed by atoms with E-state index >= 15 is 0 Å². The molecule has 0 aromatic heterocycles. The molecule has 1 aromatic rings. The molecule has 0 aliphatic rings. The first kappa shape index (κ1) is 13.5. The highest BCUT2D eigenvalue weighted by atomic mass is 19.1. The van der Waals surface area contributed by atoms with E-state index in [-0.39, 0.29) is 18.4 Å². The van der Waals surface area contributed by atoms with Crippen LogP contribution in [0.1, 0.15) is 12.5 Å². The molecule has 0 bridgehead atoms. The number of nitro groups is 1. The van der Waals surface area contributed by atoms with Crippen molar-refractivity contribution in [1.82, 2.24) is 5.32 Å². The molecule has 1 atom stereocenters. The third-order valence-electron chi connectivity index (χ3n) is 2.18. The van der Waals surface area contributed by atoms with Gasteiger partial charge in [-0.2, -0.15) is 0 Å². The molecule has 1 unspecified atom stereocenters. The maximum atomic E-state index is 13.1. The molecule has 0 saturated carbocycles. The van der Waals surface area contributed by atoms with Crippen molar-refractivity contribution in [2.45, 2.75) is 19.6 Å². The first-order chi connectivity index (χ1) is 8.02. The van der Waals surface area contributed by atoms with Gasteiger partial charge in [0.15, 0.2) is 0 Å². The number of rotatable bonds is 6. The first-order valence-electron chi connectivity index (χ1n) is 5.23. The monoisotopic (exact) mass is 242 g/mol. The van der Waals surface area contributed by atoms with E-state index in [0.29, 0.717) is 12.1 Å². The van der Waals surface area contributed by atoms with E-state index in [1.807, 2.05) is 6.92 Å². The van der Waals surface area contributed by atoms with Crippen LogP contribution in [0.4, 0.5) is 10.1 Å². The summed E-state index contributed by atoms with van der Waals surface area (Å²) in [6, 6.07) is 3.44. The zero-order chi connectivity index (χ0) is 12.8. The summed E-state index contributed by atoms with van der Waals surface area (Å²) < 4.78 is 18.5. The average molecular weight is 242 g/mol. The summed E-state index contributed by atoms with van der Waals surface area (Å²) in [6.45, 7) is 2.68. The molecule has 94 valence electrons. The van der Waals surface area contributed by atoms with Gasteiger partial charge >= 0.3 is 0 Å². The van der Waals surface area contributed by atoms with Gasteiger partial charge in [0.05, 0.1) is 23.7 Å². The number of ether oxygens (including phenoxy) is 1. The molecule has 1 N–H and O–H groups in total. The lowest BCUT2D eigenvalue weighted by atomic mass is 10.2. The Morgan fingerprint density at radius 3 is 2.82 bits per heavy atom. The molecule has 0 amide bonds. The van der Waals surface area contributed by atoms with Crippen LogP contribution >= 0.6 is 0 Å². The zero-order valence-corrected chi connectivity index (χ0v) is 9.77. The Kier molecular flexibility index (Phi) is 4.99. The maximum Gasteiger partial charge on any atom is 0.272 e. The van der Waals surface area contributed by atoms with Crippen LogP contribution < -0.4 is 5.32 Å². The minimum absolute atomic E-state index is 0.0395. The Balaban J connectivity index is 2.68. The molecule has 5 nitrogen and oxygen atoms in total. The van der Waals surface area contributed by atoms with Crippen molar-refractivity contribution in [2.24, 2.45) is 0 Å². The van der Waals surface area contributed by atoms with E-state index in [2.05, 4.69) is 5.32 Å². The smallest absolute Gasteiger partial charge is 0.272 e. The summed E-state index contributed by atoms with van der Waals surface area (Å²) in [5.74, 6) is -0.626. The Hall–Kier alpha value is -1.53. The Morgan fingerprint density at radius 2 is 2.24 bits per heavy atom. The van der Waals surface area contributed by atoms with Crippen molar-refractivity contribution < 1.29 is 14.1 Å². The van der Waals surface area contributed by atoms with E-state index in [1.165, 1.54) is 12.1 Å².